The summed E-state index contributed by atoms with van der Waals surface area (Å²) in [6, 6.07) is 7.55. The standard InChI is InChI=1S/C21H24N2O6/c1-4-28-18(24)12-15(13-19(25)29-5-2)22-20(21(26)27-3)17-11-10-14-8-6-7-9-16(14)23-17/h6-12,22-23H,4-5,13H2,1-3H3/b15-12+,20-17-. The summed E-state index contributed by atoms with van der Waals surface area (Å²) in [4.78, 5) is 36.2. The van der Waals surface area contributed by atoms with Crippen molar-refractivity contribution in [1.82, 2.24) is 5.32 Å². The third-order valence-corrected chi connectivity index (χ3v) is 3.82. The zero-order valence-corrected chi connectivity index (χ0v) is 16.6. The Morgan fingerprint density at radius 2 is 1.79 bits per heavy atom. The van der Waals surface area contributed by atoms with Crippen LogP contribution in [0.4, 0.5) is 5.69 Å². The second-order valence-electron chi connectivity index (χ2n) is 5.85. The van der Waals surface area contributed by atoms with Gasteiger partial charge in [0.2, 0.25) is 0 Å². The molecular weight excluding hydrogens is 376 g/mol. The highest BCUT2D eigenvalue weighted by atomic mass is 16.5. The molecule has 1 aromatic rings. The quantitative estimate of drug-likeness (QED) is 0.390. The first-order chi connectivity index (χ1) is 14.0. The highest BCUT2D eigenvalue weighted by Gasteiger charge is 2.21. The summed E-state index contributed by atoms with van der Waals surface area (Å²) >= 11 is 0. The van der Waals surface area contributed by atoms with Gasteiger partial charge in [-0.1, -0.05) is 24.3 Å². The molecule has 29 heavy (non-hydrogen) atoms. The van der Waals surface area contributed by atoms with Gasteiger partial charge in [-0.05, 0) is 31.6 Å². The first-order valence-electron chi connectivity index (χ1n) is 9.15. The molecule has 154 valence electrons. The molecule has 0 saturated heterocycles. The molecule has 1 aliphatic rings. The lowest BCUT2D eigenvalue weighted by atomic mass is 10.1. The van der Waals surface area contributed by atoms with E-state index in [1.807, 2.05) is 30.3 Å². The van der Waals surface area contributed by atoms with Crippen LogP contribution in [0.2, 0.25) is 0 Å². The number of ether oxygens (including phenoxy) is 3. The number of benzene rings is 1. The Kier molecular flexibility index (Phi) is 8.02. The van der Waals surface area contributed by atoms with Gasteiger partial charge < -0.3 is 24.8 Å². The SMILES string of the molecule is CCOC(=O)/C=C(\CC(=O)OCC)N/C(C(=O)OC)=C1/C=Cc2ccccc2N1. The molecule has 0 spiro atoms. The maximum atomic E-state index is 12.4. The summed E-state index contributed by atoms with van der Waals surface area (Å²) < 4.78 is 14.7. The van der Waals surface area contributed by atoms with Gasteiger partial charge in [-0.25, -0.2) is 9.59 Å². The molecule has 0 fully saturated rings. The van der Waals surface area contributed by atoms with Gasteiger partial charge in [0.15, 0.2) is 0 Å². The van der Waals surface area contributed by atoms with Crippen LogP contribution >= 0.6 is 0 Å². The smallest absolute Gasteiger partial charge is 0.356 e. The zero-order chi connectivity index (χ0) is 21.2. The van der Waals surface area contributed by atoms with Crippen molar-refractivity contribution in [3.05, 3.63) is 59.1 Å². The van der Waals surface area contributed by atoms with Crippen LogP contribution in [0, 0.1) is 0 Å². The Morgan fingerprint density at radius 1 is 1.07 bits per heavy atom. The number of rotatable bonds is 8. The number of para-hydroxylation sites is 1. The zero-order valence-electron chi connectivity index (χ0n) is 16.6. The summed E-state index contributed by atoms with van der Waals surface area (Å²) in [5, 5.41) is 5.98. The van der Waals surface area contributed by atoms with Crippen molar-refractivity contribution in [2.24, 2.45) is 0 Å². The van der Waals surface area contributed by atoms with E-state index in [4.69, 9.17) is 14.2 Å². The van der Waals surface area contributed by atoms with Gasteiger partial charge in [0.25, 0.3) is 0 Å². The summed E-state index contributed by atoms with van der Waals surface area (Å²) in [7, 11) is 1.24. The van der Waals surface area contributed by atoms with Crippen molar-refractivity contribution in [2.45, 2.75) is 20.3 Å². The van der Waals surface area contributed by atoms with Crippen LogP contribution in [0.5, 0.6) is 0 Å². The number of carbonyl (C=O) groups is 3. The van der Waals surface area contributed by atoms with Crippen LogP contribution in [0.1, 0.15) is 25.8 Å². The van der Waals surface area contributed by atoms with Gasteiger partial charge in [-0.15, -0.1) is 0 Å². The Labute approximate surface area is 169 Å². The summed E-state index contributed by atoms with van der Waals surface area (Å²) in [6.07, 6.45) is 4.41. The van der Waals surface area contributed by atoms with Crippen molar-refractivity contribution < 1.29 is 28.6 Å². The summed E-state index contributed by atoms with van der Waals surface area (Å²) in [6.45, 7) is 3.71. The number of hydrogen-bond acceptors (Lipinski definition) is 8. The number of nitrogens with one attached hydrogen (secondary N) is 2. The molecule has 0 amide bonds. The molecule has 0 bridgehead atoms. The minimum Gasteiger partial charge on any atom is -0.466 e. The average Bonchev–Trinajstić information content (AvgIpc) is 2.71. The average molecular weight is 400 g/mol. The number of fused-ring (bicyclic) bond motifs is 1. The lowest BCUT2D eigenvalue weighted by Gasteiger charge is -2.20. The monoisotopic (exact) mass is 400 g/mol. The minimum atomic E-state index is -0.671. The van der Waals surface area contributed by atoms with Crippen molar-refractivity contribution >= 4 is 29.7 Å². The maximum Gasteiger partial charge on any atom is 0.356 e. The van der Waals surface area contributed by atoms with Crippen LogP contribution in [0.15, 0.2) is 53.5 Å². The van der Waals surface area contributed by atoms with Gasteiger partial charge in [-0.3, -0.25) is 4.79 Å². The summed E-state index contributed by atoms with van der Waals surface area (Å²) in [5.41, 5.74) is 2.36. The van der Waals surface area contributed by atoms with Crippen LogP contribution in [0.3, 0.4) is 0 Å². The van der Waals surface area contributed by atoms with Crippen LogP contribution < -0.4 is 10.6 Å². The van der Waals surface area contributed by atoms with E-state index in [-0.39, 0.29) is 31.0 Å². The molecule has 1 aromatic carbocycles. The third-order valence-electron chi connectivity index (χ3n) is 3.82. The fraction of sp³-hybridized carbons (Fsp3) is 0.286. The Balaban J connectivity index is 2.38. The molecule has 8 heteroatoms. The third kappa shape index (κ3) is 6.24. The molecule has 0 saturated carbocycles. The number of esters is 3. The predicted molar refractivity (Wildman–Crippen MR) is 107 cm³/mol. The molecule has 0 atom stereocenters. The molecule has 0 aliphatic carbocycles. The van der Waals surface area contributed by atoms with E-state index in [2.05, 4.69) is 10.6 Å². The largest absolute Gasteiger partial charge is 0.466 e. The minimum absolute atomic E-state index is 0.0399. The van der Waals surface area contributed by atoms with Crippen LogP contribution in [0.25, 0.3) is 6.08 Å². The normalized spacial score (nSPS) is 14.2. The molecule has 2 N–H and O–H groups in total. The molecular formula is C21H24N2O6. The first-order valence-corrected chi connectivity index (χ1v) is 9.15. The number of anilines is 1. The molecule has 2 rings (SSSR count). The van der Waals surface area contributed by atoms with Crippen molar-refractivity contribution in [3.63, 3.8) is 0 Å². The summed E-state index contributed by atoms with van der Waals surface area (Å²) in [5.74, 6) is -1.87. The van der Waals surface area contributed by atoms with E-state index >= 15 is 0 Å². The first kappa shape index (κ1) is 21.7. The molecule has 0 unspecified atom stereocenters. The van der Waals surface area contributed by atoms with Gasteiger partial charge in [0, 0.05) is 17.5 Å². The van der Waals surface area contributed by atoms with E-state index in [1.165, 1.54) is 7.11 Å². The van der Waals surface area contributed by atoms with E-state index in [1.54, 1.807) is 19.9 Å². The number of allylic oxidation sites excluding steroid dienone is 1. The highest BCUT2D eigenvalue weighted by molar-refractivity contribution is 5.93. The predicted octanol–water partition coefficient (Wildman–Crippen LogP) is 2.50. The van der Waals surface area contributed by atoms with Gasteiger partial charge >= 0.3 is 17.9 Å². The van der Waals surface area contributed by atoms with E-state index in [0.29, 0.717) is 5.70 Å². The van der Waals surface area contributed by atoms with Gasteiger partial charge in [-0.2, -0.15) is 0 Å². The molecule has 1 heterocycles. The van der Waals surface area contributed by atoms with Crippen LogP contribution in [-0.4, -0.2) is 38.2 Å². The molecule has 1 aliphatic heterocycles. The number of carbonyl (C=O) groups excluding carboxylic acids is 3. The molecule has 0 aromatic heterocycles. The number of methoxy groups -OCH3 is 1. The Hall–Kier alpha value is -3.55. The maximum absolute atomic E-state index is 12.4. The fourth-order valence-corrected chi connectivity index (χ4v) is 2.58. The van der Waals surface area contributed by atoms with Crippen molar-refractivity contribution in [3.8, 4) is 0 Å². The molecule has 8 nitrogen and oxygen atoms in total. The fourth-order valence-electron chi connectivity index (χ4n) is 2.58. The highest BCUT2D eigenvalue weighted by Crippen LogP contribution is 2.25. The Bertz CT molecular complexity index is 870. The lowest BCUT2D eigenvalue weighted by Crippen LogP contribution is -2.27. The van der Waals surface area contributed by atoms with Crippen LogP contribution in [-0.2, 0) is 28.6 Å². The topological polar surface area (TPSA) is 103 Å². The molecule has 0 radical (unpaired) electrons. The Morgan fingerprint density at radius 3 is 2.48 bits per heavy atom. The van der Waals surface area contributed by atoms with Gasteiger partial charge in [0.1, 0.15) is 5.70 Å². The second-order valence-corrected chi connectivity index (χ2v) is 5.85. The van der Waals surface area contributed by atoms with Crippen molar-refractivity contribution in [1.29, 1.82) is 0 Å². The van der Waals surface area contributed by atoms with Gasteiger partial charge in [0.05, 0.1) is 32.4 Å². The van der Waals surface area contributed by atoms with E-state index in [9.17, 15) is 14.4 Å². The number of hydrogen-bond donors (Lipinski definition) is 2. The second kappa shape index (κ2) is 10.7. The van der Waals surface area contributed by atoms with E-state index < -0.39 is 17.9 Å². The van der Waals surface area contributed by atoms with Crippen molar-refractivity contribution in [2.75, 3.05) is 25.6 Å². The lowest BCUT2D eigenvalue weighted by molar-refractivity contribution is -0.142. The van der Waals surface area contributed by atoms with E-state index in [0.717, 1.165) is 17.3 Å².